The number of pyridine rings is 3. The van der Waals surface area contributed by atoms with Crippen LogP contribution in [0, 0.1) is 6.92 Å². The van der Waals surface area contributed by atoms with Gasteiger partial charge in [-0.1, -0.05) is 6.07 Å². The fraction of sp³-hybridized carbons (Fsp3) is 0.269. The van der Waals surface area contributed by atoms with Crippen molar-refractivity contribution < 1.29 is 9.47 Å². The van der Waals surface area contributed by atoms with E-state index in [0.717, 1.165) is 60.8 Å². The van der Waals surface area contributed by atoms with E-state index in [1.165, 1.54) is 0 Å². The van der Waals surface area contributed by atoms with E-state index >= 15 is 0 Å². The Morgan fingerprint density at radius 2 is 2.06 bits per heavy atom. The summed E-state index contributed by atoms with van der Waals surface area (Å²) in [7, 11) is 0. The molecule has 5 rings (SSSR count). The van der Waals surface area contributed by atoms with Crippen molar-refractivity contribution in [1.29, 1.82) is 0 Å². The summed E-state index contributed by atoms with van der Waals surface area (Å²) in [4.78, 5) is 26.8. The average Bonchev–Trinajstić information content (AvgIpc) is 2.86. The summed E-state index contributed by atoms with van der Waals surface area (Å²) < 4.78 is 11.4. The van der Waals surface area contributed by atoms with Crippen molar-refractivity contribution in [1.82, 2.24) is 19.9 Å². The Morgan fingerprint density at radius 3 is 2.89 bits per heavy atom. The second-order valence-electron chi connectivity index (χ2n) is 8.51. The van der Waals surface area contributed by atoms with Crippen LogP contribution in [0.2, 0.25) is 0 Å². The Bertz CT molecular complexity index is 1400. The number of anilines is 3. The normalized spacial score (nSPS) is 14.2. The largest absolute Gasteiger partial charge is 0.492 e. The zero-order valence-corrected chi connectivity index (χ0v) is 19.6. The van der Waals surface area contributed by atoms with E-state index in [1.54, 1.807) is 12.4 Å². The van der Waals surface area contributed by atoms with Crippen LogP contribution in [0.5, 0.6) is 5.75 Å². The van der Waals surface area contributed by atoms with Gasteiger partial charge in [0.05, 0.1) is 24.3 Å². The van der Waals surface area contributed by atoms with Crippen LogP contribution in [-0.4, -0.2) is 59.3 Å². The van der Waals surface area contributed by atoms with Gasteiger partial charge in [-0.25, -0.2) is 9.97 Å². The van der Waals surface area contributed by atoms with Crippen molar-refractivity contribution in [3.05, 3.63) is 70.8 Å². The summed E-state index contributed by atoms with van der Waals surface area (Å²) in [5.41, 5.74) is 8.83. The van der Waals surface area contributed by atoms with Gasteiger partial charge in [-0.3, -0.25) is 9.69 Å². The van der Waals surface area contributed by atoms with Gasteiger partial charge >= 0.3 is 0 Å². The van der Waals surface area contributed by atoms with Crippen molar-refractivity contribution in [3.8, 4) is 17.0 Å². The van der Waals surface area contributed by atoms with E-state index in [4.69, 9.17) is 20.2 Å². The molecule has 180 valence electrons. The van der Waals surface area contributed by atoms with E-state index in [0.29, 0.717) is 29.3 Å². The smallest absolute Gasteiger partial charge is 0.259 e. The summed E-state index contributed by atoms with van der Waals surface area (Å²) in [6.07, 6.45) is 3.32. The van der Waals surface area contributed by atoms with Gasteiger partial charge < -0.3 is 25.5 Å². The molecule has 1 fully saturated rings. The van der Waals surface area contributed by atoms with Crippen molar-refractivity contribution in [2.45, 2.75) is 6.92 Å². The highest BCUT2D eigenvalue weighted by molar-refractivity contribution is 5.95. The quantitative estimate of drug-likeness (QED) is 0.375. The monoisotopic (exact) mass is 472 g/mol. The summed E-state index contributed by atoms with van der Waals surface area (Å²) >= 11 is 0. The summed E-state index contributed by atoms with van der Waals surface area (Å²) in [6.45, 7) is 6.73. The molecule has 1 aliphatic rings. The molecule has 0 amide bonds. The molecule has 4 N–H and O–H groups in total. The van der Waals surface area contributed by atoms with Crippen LogP contribution in [0.25, 0.3) is 22.0 Å². The lowest BCUT2D eigenvalue weighted by molar-refractivity contribution is 0.0322. The number of rotatable bonds is 7. The molecular weight excluding hydrogens is 444 g/mol. The van der Waals surface area contributed by atoms with E-state index in [2.05, 4.69) is 20.2 Å². The van der Waals surface area contributed by atoms with Crippen LogP contribution < -0.4 is 21.3 Å². The molecule has 1 aliphatic heterocycles. The molecule has 0 bridgehead atoms. The Hall–Kier alpha value is -3.95. The zero-order chi connectivity index (χ0) is 24.2. The first kappa shape index (κ1) is 22.8. The lowest BCUT2D eigenvalue weighted by Crippen LogP contribution is -2.38. The Labute approximate surface area is 202 Å². The van der Waals surface area contributed by atoms with Gasteiger partial charge in [0.15, 0.2) is 0 Å². The first-order valence-corrected chi connectivity index (χ1v) is 11.6. The van der Waals surface area contributed by atoms with E-state index in [9.17, 15) is 4.79 Å². The maximum absolute atomic E-state index is 12.7. The number of nitrogens with two attached hydrogens (primary N) is 1. The predicted molar refractivity (Wildman–Crippen MR) is 137 cm³/mol. The number of hydrogen-bond donors (Lipinski definition) is 3. The highest BCUT2D eigenvalue weighted by atomic mass is 16.5. The third-order valence-electron chi connectivity index (χ3n) is 6.05. The summed E-state index contributed by atoms with van der Waals surface area (Å²) in [5, 5.41) is 4.57. The minimum Gasteiger partial charge on any atom is -0.492 e. The molecule has 0 radical (unpaired) electrons. The van der Waals surface area contributed by atoms with Gasteiger partial charge in [0.1, 0.15) is 24.0 Å². The molecule has 9 nitrogen and oxygen atoms in total. The third kappa shape index (κ3) is 5.26. The number of nitrogen functional groups attached to an aromatic ring is 1. The first-order chi connectivity index (χ1) is 17.1. The van der Waals surface area contributed by atoms with Gasteiger partial charge in [0.25, 0.3) is 5.56 Å². The van der Waals surface area contributed by atoms with Gasteiger partial charge in [-0.15, -0.1) is 0 Å². The minimum atomic E-state index is -0.214. The first-order valence-electron chi connectivity index (χ1n) is 11.6. The van der Waals surface area contributed by atoms with Crippen LogP contribution in [0.15, 0.2) is 59.7 Å². The summed E-state index contributed by atoms with van der Waals surface area (Å²) in [5.74, 6) is 1.69. The molecule has 0 atom stereocenters. The molecule has 0 spiro atoms. The molecule has 35 heavy (non-hydrogen) atoms. The number of aryl methyl sites for hydroxylation is 1. The molecular formula is C26H28N6O3. The maximum Gasteiger partial charge on any atom is 0.259 e. The van der Waals surface area contributed by atoms with Gasteiger partial charge in [0, 0.05) is 49.3 Å². The van der Waals surface area contributed by atoms with E-state index < -0.39 is 0 Å². The van der Waals surface area contributed by atoms with Crippen LogP contribution in [-0.2, 0) is 4.74 Å². The molecule has 4 heterocycles. The number of benzene rings is 1. The number of ether oxygens (including phenoxy) is 2. The number of fused-ring (bicyclic) bond motifs is 1. The number of aromatic amines is 1. The standard InChI is InChI=1S/C26H28N6O3/c1-17-13-19(16-29-24(17)27)22-14-18-5-6-28-26(33)23(18)25(31-22)30-20-3-2-4-21(15-20)35-12-9-32-7-10-34-11-8-32/h2-6,13-16H,7-12H2,1H3,(H2,27,29)(H,28,33)(H,30,31). The van der Waals surface area contributed by atoms with Crippen LogP contribution in [0.3, 0.4) is 0 Å². The lowest BCUT2D eigenvalue weighted by atomic mass is 10.1. The number of nitrogens with one attached hydrogen (secondary N) is 2. The fourth-order valence-electron chi connectivity index (χ4n) is 4.10. The molecule has 4 aromatic rings. The van der Waals surface area contributed by atoms with Crippen molar-refractivity contribution in [3.63, 3.8) is 0 Å². The van der Waals surface area contributed by atoms with E-state index in [-0.39, 0.29) is 5.56 Å². The Kier molecular flexibility index (Phi) is 6.60. The summed E-state index contributed by atoms with van der Waals surface area (Å²) in [6, 6.07) is 13.3. The molecule has 1 aromatic carbocycles. The van der Waals surface area contributed by atoms with Crippen molar-refractivity contribution >= 4 is 28.1 Å². The third-order valence-corrected chi connectivity index (χ3v) is 6.05. The number of H-pyrrole nitrogens is 1. The van der Waals surface area contributed by atoms with Gasteiger partial charge in [-0.05, 0) is 48.2 Å². The van der Waals surface area contributed by atoms with E-state index in [1.807, 2.05) is 49.4 Å². The van der Waals surface area contributed by atoms with Crippen LogP contribution in [0.4, 0.5) is 17.3 Å². The number of aromatic nitrogens is 3. The number of morpholine rings is 1. The SMILES string of the molecule is Cc1cc(-c2cc3cc[nH]c(=O)c3c(Nc3cccc(OCCN4CCOCC4)c3)n2)cnc1N. The number of nitrogens with zero attached hydrogens (tertiary/aromatic N) is 3. The fourth-order valence-corrected chi connectivity index (χ4v) is 4.10. The number of hydrogen-bond acceptors (Lipinski definition) is 8. The van der Waals surface area contributed by atoms with Gasteiger partial charge in [-0.2, -0.15) is 0 Å². The highest BCUT2D eigenvalue weighted by Gasteiger charge is 2.13. The molecule has 0 saturated carbocycles. The molecule has 3 aromatic heterocycles. The predicted octanol–water partition coefficient (Wildman–Crippen LogP) is 3.33. The molecule has 0 aliphatic carbocycles. The average molecular weight is 473 g/mol. The molecule has 1 saturated heterocycles. The van der Waals surface area contributed by atoms with Crippen molar-refractivity contribution in [2.24, 2.45) is 0 Å². The zero-order valence-electron chi connectivity index (χ0n) is 19.6. The minimum absolute atomic E-state index is 0.214. The van der Waals surface area contributed by atoms with Crippen LogP contribution >= 0.6 is 0 Å². The topological polar surface area (TPSA) is 118 Å². The Morgan fingerprint density at radius 1 is 1.20 bits per heavy atom. The second kappa shape index (κ2) is 10.1. The molecule has 9 heteroatoms. The van der Waals surface area contributed by atoms with Crippen LogP contribution in [0.1, 0.15) is 5.56 Å². The molecule has 0 unspecified atom stereocenters. The lowest BCUT2D eigenvalue weighted by Gasteiger charge is -2.26. The maximum atomic E-state index is 12.7. The van der Waals surface area contributed by atoms with Crippen molar-refractivity contribution in [2.75, 3.05) is 50.5 Å². The second-order valence-corrected chi connectivity index (χ2v) is 8.51. The van der Waals surface area contributed by atoms with Gasteiger partial charge in [0.2, 0.25) is 0 Å². The Balaban J connectivity index is 1.41. The highest BCUT2D eigenvalue weighted by Crippen LogP contribution is 2.29.